The molecule has 2 N–H and O–H groups in total. The molecule has 3 unspecified atom stereocenters. The summed E-state index contributed by atoms with van der Waals surface area (Å²) in [6.45, 7) is 5.48. The number of rotatable bonds is 8. The Balaban J connectivity index is 2.69. The van der Waals surface area contributed by atoms with Crippen molar-refractivity contribution in [2.75, 3.05) is 7.11 Å². The monoisotopic (exact) mass is 325 g/mol. The zero-order chi connectivity index (χ0) is 16.7. The number of hydrogen-bond donors (Lipinski definition) is 2. The Morgan fingerprint density at radius 1 is 1.36 bits per heavy atom. The Labute approximate surface area is 135 Å². The maximum Gasteiger partial charge on any atom is 0.326 e. The number of thioether (sulfide) groups is 1. The lowest BCUT2D eigenvalue weighted by Crippen LogP contribution is -2.47. The summed E-state index contributed by atoms with van der Waals surface area (Å²) in [7, 11) is 1.59. The molecule has 0 bridgehead atoms. The minimum Gasteiger partial charge on any atom is -0.497 e. The summed E-state index contributed by atoms with van der Waals surface area (Å²) in [6, 6.07) is 6.56. The second-order valence-corrected chi connectivity index (χ2v) is 6.56. The van der Waals surface area contributed by atoms with Crippen molar-refractivity contribution in [2.45, 2.75) is 43.4 Å². The van der Waals surface area contributed by atoms with Gasteiger partial charge < -0.3 is 15.2 Å². The van der Waals surface area contributed by atoms with Gasteiger partial charge >= 0.3 is 5.97 Å². The number of benzene rings is 1. The van der Waals surface area contributed by atoms with Crippen LogP contribution in [0.2, 0.25) is 0 Å². The molecule has 0 aliphatic rings. The lowest BCUT2D eigenvalue weighted by atomic mass is 9.99. The standard InChI is InChI=1S/C16H23NO4S/c1-5-10(2)14(16(19)20)17-15(18)11(3)22-13-8-6-7-12(9-13)21-4/h6-11,14H,5H2,1-4H3,(H,17,18)(H,19,20). The Morgan fingerprint density at radius 3 is 2.59 bits per heavy atom. The number of carbonyl (C=O) groups excluding carboxylic acids is 1. The Kier molecular flexibility index (Phi) is 7.24. The lowest BCUT2D eigenvalue weighted by molar-refractivity contribution is -0.143. The van der Waals surface area contributed by atoms with E-state index in [1.54, 1.807) is 14.0 Å². The van der Waals surface area contributed by atoms with Gasteiger partial charge in [-0.1, -0.05) is 26.3 Å². The number of carboxylic acid groups (broad SMARTS) is 1. The maximum atomic E-state index is 12.2. The SMILES string of the molecule is CCC(C)C(NC(=O)C(C)Sc1cccc(OC)c1)C(=O)O. The lowest BCUT2D eigenvalue weighted by Gasteiger charge is -2.22. The van der Waals surface area contributed by atoms with E-state index in [1.165, 1.54) is 11.8 Å². The van der Waals surface area contributed by atoms with Gasteiger partial charge in [0.1, 0.15) is 11.8 Å². The molecule has 0 radical (unpaired) electrons. The zero-order valence-electron chi connectivity index (χ0n) is 13.3. The fraction of sp³-hybridized carbons (Fsp3) is 0.500. The number of nitrogens with one attached hydrogen (secondary N) is 1. The summed E-state index contributed by atoms with van der Waals surface area (Å²) in [5.74, 6) is -0.669. The van der Waals surface area contributed by atoms with Crippen LogP contribution < -0.4 is 10.1 Å². The van der Waals surface area contributed by atoms with Crippen molar-refractivity contribution in [3.63, 3.8) is 0 Å². The number of hydrogen-bond acceptors (Lipinski definition) is 4. The van der Waals surface area contributed by atoms with Gasteiger partial charge in [-0.25, -0.2) is 4.79 Å². The average Bonchev–Trinajstić information content (AvgIpc) is 2.51. The largest absolute Gasteiger partial charge is 0.497 e. The van der Waals surface area contributed by atoms with E-state index in [2.05, 4.69) is 5.32 Å². The molecule has 1 rings (SSSR count). The minimum absolute atomic E-state index is 0.115. The van der Waals surface area contributed by atoms with Crippen molar-refractivity contribution in [3.05, 3.63) is 24.3 Å². The molecule has 0 aromatic heterocycles. The average molecular weight is 325 g/mol. The molecule has 6 heteroatoms. The Bertz CT molecular complexity index is 521. The van der Waals surface area contributed by atoms with Gasteiger partial charge in [-0.2, -0.15) is 0 Å². The molecule has 3 atom stereocenters. The molecule has 122 valence electrons. The van der Waals surface area contributed by atoms with Crippen molar-refractivity contribution in [2.24, 2.45) is 5.92 Å². The molecule has 1 aromatic rings. The molecule has 0 saturated heterocycles. The third-order valence-corrected chi connectivity index (χ3v) is 4.59. The van der Waals surface area contributed by atoms with E-state index < -0.39 is 17.3 Å². The van der Waals surface area contributed by atoms with Crippen LogP contribution in [0.4, 0.5) is 0 Å². The van der Waals surface area contributed by atoms with E-state index >= 15 is 0 Å². The molecule has 1 amide bonds. The van der Waals surface area contributed by atoms with E-state index in [0.29, 0.717) is 6.42 Å². The van der Waals surface area contributed by atoms with Gasteiger partial charge in [0.05, 0.1) is 12.4 Å². The van der Waals surface area contributed by atoms with Gasteiger partial charge in [0.15, 0.2) is 0 Å². The molecule has 5 nitrogen and oxygen atoms in total. The smallest absolute Gasteiger partial charge is 0.326 e. The summed E-state index contributed by atoms with van der Waals surface area (Å²) in [6.07, 6.45) is 0.689. The first-order valence-electron chi connectivity index (χ1n) is 7.22. The first kappa shape index (κ1) is 18.4. The minimum atomic E-state index is -0.999. The Morgan fingerprint density at radius 2 is 2.05 bits per heavy atom. The number of aliphatic carboxylic acids is 1. The zero-order valence-corrected chi connectivity index (χ0v) is 14.1. The molecule has 22 heavy (non-hydrogen) atoms. The summed E-state index contributed by atoms with van der Waals surface area (Å²) in [4.78, 5) is 24.4. The topological polar surface area (TPSA) is 75.6 Å². The van der Waals surface area contributed by atoms with Crippen LogP contribution in [0, 0.1) is 5.92 Å². The second-order valence-electron chi connectivity index (χ2n) is 5.15. The number of amides is 1. The first-order valence-corrected chi connectivity index (χ1v) is 8.10. The van der Waals surface area contributed by atoms with Crippen molar-refractivity contribution in [1.82, 2.24) is 5.32 Å². The summed E-state index contributed by atoms with van der Waals surface area (Å²) >= 11 is 1.37. The highest BCUT2D eigenvalue weighted by atomic mass is 32.2. The quantitative estimate of drug-likeness (QED) is 0.719. The normalized spacial score (nSPS) is 14.7. The maximum absolute atomic E-state index is 12.2. The van der Waals surface area contributed by atoms with Crippen molar-refractivity contribution in [3.8, 4) is 5.75 Å². The van der Waals surface area contributed by atoms with Gasteiger partial charge in [0, 0.05) is 4.90 Å². The molecular formula is C16H23NO4S. The molecular weight excluding hydrogens is 302 g/mol. The fourth-order valence-corrected chi connectivity index (χ4v) is 2.81. The van der Waals surface area contributed by atoms with Crippen LogP contribution in [0.1, 0.15) is 27.2 Å². The van der Waals surface area contributed by atoms with E-state index in [0.717, 1.165) is 10.6 Å². The molecule has 0 spiro atoms. The molecule has 0 saturated carbocycles. The first-order chi connectivity index (χ1) is 10.4. The van der Waals surface area contributed by atoms with Crippen LogP contribution in [0.15, 0.2) is 29.2 Å². The molecule has 0 aliphatic heterocycles. The van der Waals surface area contributed by atoms with E-state index in [9.17, 15) is 14.7 Å². The predicted molar refractivity (Wildman–Crippen MR) is 87.3 cm³/mol. The summed E-state index contributed by atoms with van der Waals surface area (Å²) in [5.41, 5.74) is 0. The van der Waals surface area contributed by atoms with Crippen molar-refractivity contribution < 1.29 is 19.4 Å². The molecule has 1 aromatic carbocycles. The highest BCUT2D eigenvalue weighted by molar-refractivity contribution is 8.00. The number of methoxy groups -OCH3 is 1. The van der Waals surface area contributed by atoms with Gasteiger partial charge in [0.25, 0.3) is 0 Å². The van der Waals surface area contributed by atoms with Crippen LogP contribution >= 0.6 is 11.8 Å². The van der Waals surface area contributed by atoms with Crippen LogP contribution in [0.5, 0.6) is 5.75 Å². The summed E-state index contributed by atoms with van der Waals surface area (Å²) < 4.78 is 5.15. The number of carboxylic acids is 1. The van der Waals surface area contributed by atoms with E-state index in [4.69, 9.17) is 4.74 Å². The van der Waals surface area contributed by atoms with Gasteiger partial charge in [0.2, 0.25) is 5.91 Å². The van der Waals surface area contributed by atoms with Crippen LogP contribution in [0.3, 0.4) is 0 Å². The highest BCUT2D eigenvalue weighted by Crippen LogP contribution is 2.26. The van der Waals surface area contributed by atoms with Crippen LogP contribution in [0.25, 0.3) is 0 Å². The second kappa shape index (κ2) is 8.68. The van der Waals surface area contributed by atoms with E-state index in [-0.39, 0.29) is 11.8 Å². The van der Waals surface area contributed by atoms with Gasteiger partial charge in [-0.05, 0) is 31.0 Å². The molecule has 0 heterocycles. The Hall–Kier alpha value is -1.69. The van der Waals surface area contributed by atoms with E-state index in [1.807, 2.05) is 38.1 Å². The number of ether oxygens (including phenoxy) is 1. The fourth-order valence-electron chi connectivity index (χ4n) is 1.89. The third-order valence-electron chi connectivity index (χ3n) is 3.50. The third kappa shape index (κ3) is 5.26. The van der Waals surface area contributed by atoms with Crippen molar-refractivity contribution >= 4 is 23.6 Å². The van der Waals surface area contributed by atoms with Gasteiger partial charge in [-0.15, -0.1) is 11.8 Å². The molecule has 0 fully saturated rings. The highest BCUT2D eigenvalue weighted by Gasteiger charge is 2.27. The van der Waals surface area contributed by atoms with Crippen LogP contribution in [-0.4, -0.2) is 35.4 Å². The summed E-state index contributed by atoms with van der Waals surface area (Å²) in [5, 5.41) is 11.5. The van der Waals surface area contributed by atoms with Crippen LogP contribution in [-0.2, 0) is 9.59 Å². The predicted octanol–water partition coefficient (Wildman–Crippen LogP) is 2.79. The van der Waals surface area contributed by atoms with Gasteiger partial charge in [-0.3, -0.25) is 4.79 Å². The van der Waals surface area contributed by atoms with Crippen molar-refractivity contribution in [1.29, 1.82) is 0 Å². The molecule has 0 aliphatic carbocycles. The number of carbonyl (C=O) groups is 2.